The van der Waals surface area contributed by atoms with E-state index in [4.69, 9.17) is 10.4 Å². The molecule has 0 aliphatic heterocycles. The number of hydrogen-bond acceptors (Lipinski definition) is 5. The predicted octanol–water partition coefficient (Wildman–Crippen LogP) is 1.97. The summed E-state index contributed by atoms with van der Waals surface area (Å²) in [5.41, 5.74) is 0.973. The molecule has 15 heavy (non-hydrogen) atoms. The first-order chi connectivity index (χ1) is 7.24. The number of aromatic nitrogens is 1. The smallest absolute Gasteiger partial charge is 0.337 e. The van der Waals surface area contributed by atoms with Crippen molar-refractivity contribution >= 4 is 17.3 Å². The van der Waals surface area contributed by atoms with Gasteiger partial charge in [-0.25, -0.2) is 4.79 Å². The topological polar surface area (TPSA) is 87.1 Å². The monoisotopic (exact) mass is 220 g/mol. The molecule has 74 valence electrons. The minimum Gasteiger partial charge on any atom is -0.478 e. The largest absolute Gasteiger partial charge is 0.478 e. The minimum atomic E-state index is -1.07. The maximum Gasteiger partial charge on any atom is 0.337 e. The van der Waals surface area contributed by atoms with Crippen LogP contribution in [-0.4, -0.2) is 16.2 Å². The summed E-state index contributed by atoms with van der Waals surface area (Å²) in [6.07, 6.45) is 2.70. The highest BCUT2D eigenvalue weighted by Crippen LogP contribution is 2.32. The molecule has 0 aromatic carbocycles. The lowest BCUT2D eigenvalue weighted by molar-refractivity contribution is 0.0698. The molecule has 2 heterocycles. The molecule has 2 rings (SSSR count). The minimum absolute atomic E-state index is 0.0970. The molecule has 0 unspecified atom stereocenters. The lowest BCUT2D eigenvalue weighted by atomic mass is 10.1. The van der Waals surface area contributed by atoms with Crippen LogP contribution in [0.2, 0.25) is 0 Å². The van der Waals surface area contributed by atoms with Gasteiger partial charge in [-0.2, -0.15) is 5.26 Å². The zero-order chi connectivity index (χ0) is 10.8. The number of nitriles is 1. The summed E-state index contributed by atoms with van der Waals surface area (Å²) in [6.45, 7) is 0. The Bertz CT molecular complexity index is 536. The van der Waals surface area contributed by atoms with Gasteiger partial charge in [0.1, 0.15) is 17.2 Å². The van der Waals surface area contributed by atoms with E-state index in [0.29, 0.717) is 16.0 Å². The second kappa shape index (κ2) is 3.55. The van der Waals surface area contributed by atoms with Crippen LogP contribution in [0.4, 0.5) is 0 Å². The van der Waals surface area contributed by atoms with Crippen molar-refractivity contribution < 1.29 is 14.4 Å². The normalized spacial score (nSPS) is 9.80. The van der Waals surface area contributed by atoms with Gasteiger partial charge >= 0.3 is 5.97 Å². The molecule has 0 spiro atoms. The molecule has 2 aromatic heterocycles. The highest BCUT2D eigenvalue weighted by molar-refractivity contribution is 7.11. The number of carboxylic acid groups (broad SMARTS) is 1. The quantitative estimate of drug-likeness (QED) is 0.835. The zero-order valence-electron chi connectivity index (χ0n) is 7.30. The fraction of sp³-hybridized carbons (Fsp3) is 0. The molecule has 6 heteroatoms. The highest BCUT2D eigenvalue weighted by atomic mass is 32.1. The van der Waals surface area contributed by atoms with Crippen LogP contribution in [0.25, 0.3) is 11.1 Å². The number of aromatic carboxylic acids is 1. The van der Waals surface area contributed by atoms with Crippen molar-refractivity contribution in [2.75, 3.05) is 0 Å². The first-order valence-electron chi connectivity index (χ1n) is 3.88. The Morgan fingerprint density at radius 3 is 3.00 bits per heavy atom. The summed E-state index contributed by atoms with van der Waals surface area (Å²) in [4.78, 5) is 11.2. The van der Waals surface area contributed by atoms with Crippen molar-refractivity contribution in [1.82, 2.24) is 5.16 Å². The number of carboxylic acids is 1. The highest BCUT2D eigenvalue weighted by Gasteiger charge is 2.19. The van der Waals surface area contributed by atoms with Crippen LogP contribution in [0, 0.1) is 11.3 Å². The Balaban J connectivity index is 2.67. The number of carbonyl (C=O) groups is 1. The summed E-state index contributed by atoms with van der Waals surface area (Å²) in [7, 11) is 0. The summed E-state index contributed by atoms with van der Waals surface area (Å²) < 4.78 is 4.62. The first-order valence-corrected chi connectivity index (χ1v) is 4.76. The molecule has 0 saturated heterocycles. The van der Waals surface area contributed by atoms with E-state index in [1.165, 1.54) is 17.8 Å². The van der Waals surface area contributed by atoms with Crippen molar-refractivity contribution in [3.05, 3.63) is 28.3 Å². The lowest BCUT2D eigenvalue weighted by Crippen LogP contribution is -1.96. The molecular weight excluding hydrogens is 216 g/mol. The Kier molecular flexibility index (Phi) is 2.23. The lowest BCUT2D eigenvalue weighted by Gasteiger charge is -1.95. The number of thiophene rings is 1. The average Bonchev–Trinajstić information content (AvgIpc) is 2.85. The second-order valence-corrected chi connectivity index (χ2v) is 3.56. The fourth-order valence-electron chi connectivity index (χ4n) is 1.21. The van der Waals surface area contributed by atoms with Crippen molar-refractivity contribution in [2.24, 2.45) is 0 Å². The summed E-state index contributed by atoms with van der Waals surface area (Å²) in [5.74, 6) is -1.07. The first kappa shape index (κ1) is 9.43. The van der Waals surface area contributed by atoms with Gasteiger partial charge in [0.15, 0.2) is 0 Å². The third-order valence-electron chi connectivity index (χ3n) is 1.84. The van der Waals surface area contributed by atoms with Crippen LogP contribution in [0.1, 0.15) is 15.2 Å². The van der Waals surface area contributed by atoms with Crippen LogP contribution in [0.15, 0.2) is 22.4 Å². The molecule has 2 aromatic rings. The second-order valence-electron chi connectivity index (χ2n) is 2.68. The van der Waals surface area contributed by atoms with Gasteiger partial charge in [0, 0.05) is 16.5 Å². The predicted molar refractivity (Wildman–Crippen MR) is 51.5 cm³/mol. The van der Waals surface area contributed by atoms with Crippen molar-refractivity contribution in [3.63, 3.8) is 0 Å². The van der Waals surface area contributed by atoms with E-state index < -0.39 is 5.97 Å². The average molecular weight is 220 g/mol. The molecule has 0 saturated carbocycles. The van der Waals surface area contributed by atoms with Crippen molar-refractivity contribution in [3.8, 4) is 17.2 Å². The number of nitrogens with zero attached hydrogens (tertiary/aromatic N) is 2. The third kappa shape index (κ3) is 1.49. The summed E-state index contributed by atoms with van der Waals surface area (Å²) in [5, 5.41) is 22.7. The van der Waals surface area contributed by atoms with Gasteiger partial charge in [-0.15, -0.1) is 11.3 Å². The van der Waals surface area contributed by atoms with Crippen LogP contribution < -0.4 is 0 Å². The molecule has 0 fully saturated rings. The molecule has 0 radical (unpaired) electrons. The molecule has 1 N–H and O–H groups in total. The van der Waals surface area contributed by atoms with Gasteiger partial charge in [-0.1, -0.05) is 5.16 Å². The summed E-state index contributed by atoms with van der Waals surface area (Å²) >= 11 is 1.09. The van der Waals surface area contributed by atoms with Crippen LogP contribution in [0.5, 0.6) is 0 Å². The maximum atomic E-state index is 10.9. The van der Waals surface area contributed by atoms with Crippen molar-refractivity contribution in [1.29, 1.82) is 5.26 Å². The standard InChI is InChI=1S/C9H4N2O3S/c10-1-7-8(5-2-11-14-3-5)6(4-15-7)9(12)13/h2-4H,(H,12,13). The van der Waals surface area contributed by atoms with Gasteiger partial charge in [0.2, 0.25) is 0 Å². The van der Waals surface area contributed by atoms with Gasteiger partial charge in [0.25, 0.3) is 0 Å². The molecule has 0 amide bonds. The van der Waals surface area contributed by atoms with Gasteiger partial charge in [-0.3, -0.25) is 0 Å². The van der Waals surface area contributed by atoms with Crippen LogP contribution >= 0.6 is 11.3 Å². The van der Waals surface area contributed by atoms with Gasteiger partial charge in [0.05, 0.1) is 11.8 Å². The van der Waals surface area contributed by atoms with E-state index in [9.17, 15) is 4.79 Å². The van der Waals surface area contributed by atoms with E-state index in [1.807, 2.05) is 6.07 Å². The van der Waals surface area contributed by atoms with Gasteiger partial charge < -0.3 is 9.63 Å². The van der Waals surface area contributed by atoms with E-state index in [0.717, 1.165) is 11.3 Å². The van der Waals surface area contributed by atoms with E-state index in [1.54, 1.807) is 0 Å². The molecule has 0 aliphatic rings. The molecule has 5 nitrogen and oxygen atoms in total. The van der Waals surface area contributed by atoms with Crippen LogP contribution in [0.3, 0.4) is 0 Å². The number of rotatable bonds is 2. The Morgan fingerprint density at radius 2 is 2.47 bits per heavy atom. The fourth-order valence-corrected chi connectivity index (χ4v) is 2.07. The molecule has 0 aliphatic carbocycles. The Hall–Kier alpha value is -2.13. The van der Waals surface area contributed by atoms with E-state index in [-0.39, 0.29) is 5.56 Å². The third-order valence-corrected chi connectivity index (χ3v) is 2.73. The van der Waals surface area contributed by atoms with Crippen molar-refractivity contribution in [2.45, 2.75) is 0 Å². The number of hydrogen-bond donors (Lipinski definition) is 1. The van der Waals surface area contributed by atoms with Crippen LogP contribution in [-0.2, 0) is 0 Å². The summed E-state index contributed by atoms with van der Waals surface area (Å²) in [6, 6.07) is 1.94. The van der Waals surface area contributed by atoms with E-state index >= 15 is 0 Å². The SMILES string of the molecule is N#Cc1scc(C(=O)O)c1-c1cnoc1. The molecule has 0 bridgehead atoms. The molecular formula is C9H4N2O3S. The Labute approximate surface area is 88.2 Å². The molecule has 0 atom stereocenters. The zero-order valence-corrected chi connectivity index (χ0v) is 8.11. The van der Waals surface area contributed by atoms with E-state index in [2.05, 4.69) is 9.68 Å². The maximum absolute atomic E-state index is 10.9. The Morgan fingerprint density at radius 1 is 1.67 bits per heavy atom. The van der Waals surface area contributed by atoms with Gasteiger partial charge in [-0.05, 0) is 0 Å².